The number of benzene rings is 1. The molecule has 4 heteroatoms. The molecule has 0 spiro atoms. The Bertz CT molecular complexity index is 443. The molecule has 1 atom stereocenters. The second-order valence-electron chi connectivity index (χ2n) is 4.22. The van der Waals surface area contributed by atoms with Crippen LogP contribution in [-0.4, -0.2) is 13.9 Å². The van der Waals surface area contributed by atoms with Crippen molar-refractivity contribution in [1.82, 2.24) is 0 Å². The van der Waals surface area contributed by atoms with Gasteiger partial charge in [0.15, 0.2) is 11.5 Å². The van der Waals surface area contributed by atoms with Gasteiger partial charge in [0, 0.05) is 6.04 Å². The summed E-state index contributed by atoms with van der Waals surface area (Å²) in [6.07, 6.45) is 0.739. The lowest BCUT2D eigenvalue weighted by molar-refractivity contribution is 0.171. The molecule has 0 aliphatic carbocycles. The first-order valence-corrected chi connectivity index (χ1v) is 5.49. The van der Waals surface area contributed by atoms with Crippen LogP contribution < -0.4 is 19.9 Å². The molecule has 1 aromatic rings. The lowest BCUT2D eigenvalue weighted by Gasteiger charge is -2.14. The van der Waals surface area contributed by atoms with Gasteiger partial charge < -0.3 is 19.9 Å². The number of ether oxygens (including phenoxy) is 3. The molecule has 1 aliphatic rings. The van der Waals surface area contributed by atoms with E-state index in [0.29, 0.717) is 17.2 Å². The highest BCUT2D eigenvalue weighted by atomic mass is 16.7. The highest BCUT2D eigenvalue weighted by Gasteiger charge is 2.21. The Hall–Kier alpha value is -1.68. The number of rotatable bonds is 4. The summed E-state index contributed by atoms with van der Waals surface area (Å²) >= 11 is 0. The Kier molecular flexibility index (Phi) is 3.24. The molecule has 2 N–H and O–H groups in total. The zero-order valence-electron chi connectivity index (χ0n) is 10.2. The topological polar surface area (TPSA) is 53.7 Å². The van der Waals surface area contributed by atoms with E-state index in [4.69, 9.17) is 19.9 Å². The molecule has 0 unspecified atom stereocenters. The van der Waals surface area contributed by atoms with Crippen LogP contribution in [0.2, 0.25) is 0 Å². The maximum atomic E-state index is 6.10. The van der Waals surface area contributed by atoms with Crippen LogP contribution in [0.15, 0.2) is 24.3 Å². The van der Waals surface area contributed by atoms with Crippen molar-refractivity contribution < 1.29 is 14.2 Å². The molecule has 0 saturated heterocycles. The molecule has 17 heavy (non-hydrogen) atoms. The molecule has 0 amide bonds. The lowest BCUT2D eigenvalue weighted by atomic mass is 10.0. The molecule has 0 fully saturated rings. The standard InChI is InChI=1S/C13H17NO3/c1-8(2)4-10(14)9-5-11(15-3)13-12(6-9)16-7-17-13/h5-6,10H,1,4,7,14H2,2-3H3/t10-/m1/s1. The minimum atomic E-state index is -0.101. The normalized spacial score (nSPS) is 14.5. The zero-order chi connectivity index (χ0) is 12.4. The monoisotopic (exact) mass is 235 g/mol. The summed E-state index contributed by atoms with van der Waals surface area (Å²) < 4.78 is 16.0. The van der Waals surface area contributed by atoms with Crippen molar-refractivity contribution in [2.75, 3.05) is 13.9 Å². The average molecular weight is 235 g/mol. The first kappa shape index (κ1) is 11.8. The average Bonchev–Trinajstić information content (AvgIpc) is 2.74. The van der Waals surface area contributed by atoms with Gasteiger partial charge in [-0.05, 0) is 31.0 Å². The van der Waals surface area contributed by atoms with E-state index in [9.17, 15) is 0 Å². The van der Waals surface area contributed by atoms with E-state index in [1.54, 1.807) is 7.11 Å². The van der Waals surface area contributed by atoms with Crippen molar-refractivity contribution in [3.63, 3.8) is 0 Å². The smallest absolute Gasteiger partial charge is 0.231 e. The van der Waals surface area contributed by atoms with Crippen molar-refractivity contribution in [2.24, 2.45) is 5.73 Å². The molecule has 1 heterocycles. The van der Waals surface area contributed by atoms with Gasteiger partial charge in [-0.25, -0.2) is 0 Å². The lowest BCUT2D eigenvalue weighted by Crippen LogP contribution is -2.10. The fraction of sp³-hybridized carbons (Fsp3) is 0.385. The minimum absolute atomic E-state index is 0.101. The van der Waals surface area contributed by atoms with Gasteiger partial charge in [-0.15, -0.1) is 6.58 Å². The molecule has 0 bridgehead atoms. The molecule has 4 nitrogen and oxygen atoms in total. The van der Waals surface area contributed by atoms with Gasteiger partial charge >= 0.3 is 0 Å². The van der Waals surface area contributed by atoms with Crippen molar-refractivity contribution in [3.8, 4) is 17.2 Å². The second-order valence-corrected chi connectivity index (χ2v) is 4.22. The van der Waals surface area contributed by atoms with Crippen molar-refractivity contribution in [3.05, 3.63) is 29.8 Å². The number of hydrogen-bond acceptors (Lipinski definition) is 4. The predicted octanol–water partition coefficient (Wildman–Crippen LogP) is 2.39. The van der Waals surface area contributed by atoms with E-state index in [2.05, 4.69) is 6.58 Å². The van der Waals surface area contributed by atoms with E-state index in [1.165, 1.54) is 0 Å². The van der Waals surface area contributed by atoms with Crippen molar-refractivity contribution in [1.29, 1.82) is 0 Å². The Balaban J connectivity index is 2.33. The maximum absolute atomic E-state index is 6.10. The van der Waals surface area contributed by atoms with Gasteiger partial charge in [0.1, 0.15) is 0 Å². The van der Waals surface area contributed by atoms with E-state index < -0.39 is 0 Å². The molecule has 1 aliphatic heterocycles. The SMILES string of the molecule is C=C(C)C[C@@H](N)c1cc(OC)c2c(c1)OCO2. The summed E-state index contributed by atoms with van der Waals surface area (Å²) in [5.74, 6) is 2.00. The van der Waals surface area contributed by atoms with E-state index >= 15 is 0 Å². The summed E-state index contributed by atoms with van der Waals surface area (Å²) in [5.41, 5.74) is 8.12. The third kappa shape index (κ3) is 2.36. The van der Waals surface area contributed by atoms with Crippen LogP contribution in [0.1, 0.15) is 24.9 Å². The molecule has 92 valence electrons. The van der Waals surface area contributed by atoms with E-state index in [0.717, 1.165) is 17.6 Å². The summed E-state index contributed by atoms with van der Waals surface area (Å²) in [6, 6.07) is 3.69. The first-order chi connectivity index (χ1) is 8.11. The fourth-order valence-corrected chi connectivity index (χ4v) is 1.86. The first-order valence-electron chi connectivity index (χ1n) is 5.49. The predicted molar refractivity (Wildman–Crippen MR) is 65.5 cm³/mol. The zero-order valence-corrected chi connectivity index (χ0v) is 10.2. The van der Waals surface area contributed by atoms with Gasteiger partial charge in [0.2, 0.25) is 12.5 Å². The van der Waals surface area contributed by atoms with Crippen LogP contribution in [0, 0.1) is 0 Å². The summed E-state index contributed by atoms with van der Waals surface area (Å²) in [7, 11) is 1.60. The summed E-state index contributed by atoms with van der Waals surface area (Å²) in [4.78, 5) is 0. The number of hydrogen-bond donors (Lipinski definition) is 1. The molecule has 1 aromatic carbocycles. The van der Waals surface area contributed by atoms with Crippen LogP contribution in [0.5, 0.6) is 17.2 Å². The molecular formula is C13H17NO3. The molecular weight excluding hydrogens is 218 g/mol. The van der Waals surface area contributed by atoms with Crippen molar-refractivity contribution in [2.45, 2.75) is 19.4 Å². The Morgan fingerprint density at radius 1 is 1.53 bits per heavy atom. The largest absolute Gasteiger partial charge is 0.493 e. The number of methoxy groups -OCH3 is 1. The van der Waals surface area contributed by atoms with Gasteiger partial charge in [-0.2, -0.15) is 0 Å². The maximum Gasteiger partial charge on any atom is 0.231 e. The van der Waals surface area contributed by atoms with Crippen LogP contribution in [0.3, 0.4) is 0 Å². The van der Waals surface area contributed by atoms with E-state index in [1.807, 2.05) is 19.1 Å². The second kappa shape index (κ2) is 4.67. The Morgan fingerprint density at radius 2 is 2.29 bits per heavy atom. The number of nitrogens with two attached hydrogens (primary N) is 1. The van der Waals surface area contributed by atoms with Crippen LogP contribution in [0.25, 0.3) is 0 Å². The van der Waals surface area contributed by atoms with Gasteiger partial charge in [-0.1, -0.05) is 5.57 Å². The van der Waals surface area contributed by atoms with Gasteiger partial charge in [0.05, 0.1) is 7.11 Å². The molecule has 0 aromatic heterocycles. The quantitative estimate of drug-likeness (QED) is 0.814. The minimum Gasteiger partial charge on any atom is -0.493 e. The van der Waals surface area contributed by atoms with Crippen molar-refractivity contribution >= 4 is 0 Å². The highest BCUT2D eigenvalue weighted by Crippen LogP contribution is 2.43. The summed E-state index contributed by atoms with van der Waals surface area (Å²) in [5, 5.41) is 0. The van der Waals surface area contributed by atoms with Crippen LogP contribution in [0.4, 0.5) is 0 Å². The Labute approximate surface area is 101 Å². The van der Waals surface area contributed by atoms with Gasteiger partial charge in [0.25, 0.3) is 0 Å². The summed E-state index contributed by atoms with van der Waals surface area (Å²) in [6.45, 7) is 6.06. The van der Waals surface area contributed by atoms with Crippen LogP contribution in [-0.2, 0) is 0 Å². The van der Waals surface area contributed by atoms with Gasteiger partial charge in [-0.3, -0.25) is 0 Å². The molecule has 0 saturated carbocycles. The third-order valence-corrected chi connectivity index (χ3v) is 2.68. The molecule has 0 radical (unpaired) electrons. The van der Waals surface area contributed by atoms with E-state index in [-0.39, 0.29) is 12.8 Å². The Morgan fingerprint density at radius 3 is 2.94 bits per heavy atom. The highest BCUT2D eigenvalue weighted by molar-refractivity contribution is 5.55. The number of fused-ring (bicyclic) bond motifs is 1. The fourth-order valence-electron chi connectivity index (χ4n) is 1.86. The third-order valence-electron chi connectivity index (χ3n) is 2.68. The molecule has 2 rings (SSSR count). The van der Waals surface area contributed by atoms with Crippen LogP contribution >= 0.6 is 0 Å².